The number of hydrogen-bond donors (Lipinski definition) is 2. The minimum atomic E-state index is 0. The molecule has 1 aliphatic heterocycles. The smallest absolute Gasteiger partial charge is 0.228 e. The molecule has 0 radical (unpaired) electrons. The number of nitrogens with one attached hydrogen (secondary N) is 2. The Balaban J connectivity index is 0.00000264. The highest BCUT2D eigenvalue weighted by molar-refractivity contribution is 5.94. The molecule has 5 nitrogen and oxygen atoms in total. The van der Waals surface area contributed by atoms with Crippen LogP contribution in [0.1, 0.15) is 20.3 Å². The number of para-hydroxylation sites is 2. The normalized spacial score (nSPS) is 16.2. The van der Waals surface area contributed by atoms with E-state index in [0.717, 1.165) is 50.6 Å². The molecule has 1 atom stereocenters. The molecule has 1 fully saturated rings. The maximum atomic E-state index is 12.2. The van der Waals surface area contributed by atoms with Crippen LogP contribution in [0, 0.1) is 5.92 Å². The van der Waals surface area contributed by atoms with Crippen LogP contribution in [0.4, 0.5) is 5.69 Å². The lowest BCUT2D eigenvalue weighted by atomic mass is 10.1. The summed E-state index contributed by atoms with van der Waals surface area (Å²) in [5.41, 5.74) is 0.763. The molecule has 0 aromatic heterocycles. The lowest BCUT2D eigenvalue weighted by Gasteiger charge is -2.19. The van der Waals surface area contributed by atoms with Gasteiger partial charge >= 0.3 is 0 Å². The Labute approximate surface area is 157 Å². The number of nitrogens with zero attached hydrogens (tertiary/aromatic N) is 1. The summed E-state index contributed by atoms with van der Waals surface area (Å²) in [6, 6.07) is 7.65. The summed E-state index contributed by atoms with van der Waals surface area (Å²) in [4.78, 5) is 14.5. The van der Waals surface area contributed by atoms with Crippen molar-refractivity contribution in [2.75, 3.05) is 44.6 Å². The van der Waals surface area contributed by atoms with Gasteiger partial charge in [0.25, 0.3) is 0 Å². The van der Waals surface area contributed by atoms with E-state index in [-0.39, 0.29) is 36.6 Å². The highest BCUT2D eigenvalue weighted by Gasteiger charge is 2.23. The van der Waals surface area contributed by atoms with E-state index < -0.39 is 0 Å². The van der Waals surface area contributed by atoms with E-state index in [1.807, 2.05) is 24.3 Å². The highest BCUT2D eigenvalue weighted by atomic mass is 35.5. The molecular formula is C17H29Cl2N3O2. The number of benzene rings is 1. The molecule has 1 aromatic rings. The van der Waals surface area contributed by atoms with Crippen LogP contribution in [0.5, 0.6) is 5.75 Å². The van der Waals surface area contributed by atoms with Crippen molar-refractivity contribution in [2.24, 2.45) is 5.92 Å². The molecule has 138 valence electrons. The number of likely N-dealkylation sites (N-methyl/N-ethyl adjacent to an activating group) is 1. The topological polar surface area (TPSA) is 53.6 Å². The number of halogens is 2. The van der Waals surface area contributed by atoms with Gasteiger partial charge in [0.1, 0.15) is 12.4 Å². The molecule has 2 N–H and O–H groups in total. The second-order valence-electron chi connectivity index (χ2n) is 5.55. The molecule has 24 heavy (non-hydrogen) atoms. The fourth-order valence-corrected chi connectivity index (χ4v) is 2.63. The van der Waals surface area contributed by atoms with Crippen molar-refractivity contribution < 1.29 is 9.53 Å². The Morgan fingerprint density at radius 3 is 2.62 bits per heavy atom. The third kappa shape index (κ3) is 6.85. The first kappa shape index (κ1) is 23.0. The van der Waals surface area contributed by atoms with Gasteiger partial charge in [-0.25, -0.2) is 0 Å². The molecular weight excluding hydrogens is 349 g/mol. The van der Waals surface area contributed by atoms with Crippen LogP contribution in [0.2, 0.25) is 0 Å². The largest absolute Gasteiger partial charge is 0.490 e. The van der Waals surface area contributed by atoms with Crippen molar-refractivity contribution in [1.29, 1.82) is 0 Å². The van der Waals surface area contributed by atoms with Gasteiger partial charge in [0.2, 0.25) is 5.91 Å². The van der Waals surface area contributed by atoms with Crippen molar-refractivity contribution in [3.63, 3.8) is 0 Å². The summed E-state index contributed by atoms with van der Waals surface area (Å²) >= 11 is 0. The SMILES string of the molecule is CCN(CC)CCOc1ccccc1NC(=O)C1CCNC1.Cl.Cl. The number of anilines is 1. The first-order valence-corrected chi connectivity index (χ1v) is 8.20. The van der Waals surface area contributed by atoms with Crippen molar-refractivity contribution in [2.45, 2.75) is 20.3 Å². The van der Waals surface area contributed by atoms with Gasteiger partial charge in [-0.2, -0.15) is 0 Å². The quantitative estimate of drug-likeness (QED) is 0.731. The number of hydrogen-bond acceptors (Lipinski definition) is 4. The maximum Gasteiger partial charge on any atom is 0.228 e. The Bertz CT molecular complexity index is 479. The maximum absolute atomic E-state index is 12.2. The first-order valence-electron chi connectivity index (χ1n) is 8.20. The molecule has 1 unspecified atom stereocenters. The average Bonchev–Trinajstić information content (AvgIpc) is 3.07. The van der Waals surface area contributed by atoms with Crippen LogP contribution in [-0.2, 0) is 4.79 Å². The number of rotatable bonds is 8. The van der Waals surface area contributed by atoms with Crippen LogP contribution in [0.15, 0.2) is 24.3 Å². The number of carbonyl (C=O) groups excluding carboxylic acids is 1. The molecule has 1 heterocycles. The van der Waals surface area contributed by atoms with Gasteiger partial charge in [0, 0.05) is 13.1 Å². The molecule has 2 rings (SSSR count). The molecule has 0 saturated carbocycles. The summed E-state index contributed by atoms with van der Waals surface area (Å²) in [6.07, 6.45) is 0.900. The zero-order chi connectivity index (χ0) is 15.8. The minimum absolute atomic E-state index is 0. The predicted molar refractivity (Wildman–Crippen MR) is 104 cm³/mol. The van der Waals surface area contributed by atoms with Gasteiger partial charge < -0.3 is 20.3 Å². The van der Waals surface area contributed by atoms with Crippen LogP contribution >= 0.6 is 24.8 Å². The standard InChI is InChI=1S/C17H27N3O2.2ClH/c1-3-20(4-2)11-12-22-16-8-6-5-7-15(16)19-17(21)14-9-10-18-13-14;;/h5-8,14,18H,3-4,9-13H2,1-2H3,(H,19,21);2*1H. The third-order valence-corrected chi connectivity index (χ3v) is 4.14. The molecule has 1 aromatic carbocycles. The Kier molecular flexibility index (Phi) is 11.8. The Hall–Kier alpha value is -1.01. The summed E-state index contributed by atoms with van der Waals surface area (Å²) in [5.74, 6) is 0.877. The predicted octanol–water partition coefficient (Wildman–Crippen LogP) is 2.80. The van der Waals surface area contributed by atoms with Gasteiger partial charge in [-0.3, -0.25) is 4.79 Å². The van der Waals surface area contributed by atoms with Gasteiger partial charge in [-0.1, -0.05) is 26.0 Å². The molecule has 1 saturated heterocycles. The number of amides is 1. The van der Waals surface area contributed by atoms with Gasteiger partial charge in [-0.15, -0.1) is 24.8 Å². The van der Waals surface area contributed by atoms with E-state index in [2.05, 4.69) is 29.4 Å². The van der Waals surface area contributed by atoms with Crippen LogP contribution < -0.4 is 15.4 Å². The molecule has 1 aliphatic rings. The zero-order valence-electron chi connectivity index (χ0n) is 14.4. The van der Waals surface area contributed by atoms with Gasteiger partial charge in [0.15, 0.2) is 0 Å². The number of carbonyl (C=O) groups is 1. The van der Waals surface area contributed by atoms with Gasteiger partial charge in [0.05, 0.1) is 11.6 Å². The van der Waals surface area contributed by atoms with E-state index in [1.165, 1.54) is 0 Å². The third-order valence-electron chi connectivity index (χ3n) is 4.14. The lowest BCUT2D eigenvalue weighted by molar-refractivity contribution is -0.119. The Morgan fingerprint density at radius 2 is 2.00 bits per heavy atom. The summed E-state index contributed by atoms with van der Waals surface area (Å²) in [6.45, 7) is 9.53. The van der Waals surface area contributed by atoms with Crippen molar-refractivity contribution in [3.8, 4) is 5.75 Å². The van der Waals surface area contributed by atoms with E-state index in [4.69, 9.17) is 4.74 Å². The molecule has 0 aliphatic carbocycles. The molecule has 1 amide bonds. The van der Waals surface area contributed by atoms with Gasteiger partial charge in [-0.05, 0) is 38.2 Å². The molecule has 0 bridgehead atoms. The van der Waals surface area contributed by atoms with Crippen LogP contribution in [0.3, 0.4) is 0 Å². The summed E-state index contributed by atoms with van der Waals surface area (Å²) in [7, 11) is 0. The first-order chi connectivity index (χ1) is 10.7. The van der Waals surface area contributed by atoms with Crippen molar-refractivity contribution in [1.82, 2.24) is 10.2 Å². The van der Waals surface area contributed by atoms with E-state index in [1.54, 1.807) is 0 Å². The van der Waals surface area contributed by atoms with E-state index in [0.29, 0.717) is 6.61 Å². The highest BCUT2D eigenvalue weighted by Crippen LogP contribution is 2.25. The number of ether oxygens (including phenoxy) is 1. The average molecular weight is 378 g/mol. The fourth-order valence-electron chi connectivity index (χ4n) is 2.63. The molecule has 7 heteroatoms. The van der Waals surface area contributed by atoms with E-state index in [9.17, 15) is 4.79 Å². The second kappa shape index (κ2) is 12.4. The summed E-state index contributed by atoms with van der Waals surface area (Å²) < 4.78 is 5.86. The summed E-state index contributed by atoms with van der Waals surface area (Å²) in [5, 5.41) is 6.22. The Morgan fingerprint density at radius 1 is 1.29 bits per heavy atom. The van der Waals surface area contributed by atoms with E-state index >= 15 is 0 Å². The molecule has 0 spiro atoms. The minimum Gasteiger partial charge on any atom is -0.490 e. The van der Waals surface area contributed by atoms with Crippen molar-refractivity contribution in [3.05, 3.63) is 24.3 Å². The second-order valence-corrected chi connectivity index (χ2v) is 5.55. The fraction of sp³-hybridized carbons (Fsp3) is 0.588. The lowest BCUT2D eigenvalue weighted by Crippen LogP contribution is -2.28. The zero-order valence-corrected chi connectivity index (χ0v) is 16.0. The van der Waals surface area contributed by atoms with Crippen molar-refractivity contribution >= 4 is 36.4 Å². The van der Waals surface area contributed by atoms with Crippen LogP contribution in [-0.4, -0.2) is 50.1 Å². The van der Waals surface area contributed by atoms with Crippen LogP contribution in [0.25, 0.3) is 0 Å². The monoisotopic (exact) mass is 377 g/mol.